The summed E-state index contributed by atoms with van der Waals surface area (Å²) in [7, 11) is 3.80. The van der Waals surface area contributed by atoms with Crippen molar-refractivity contribution < 1.29 is 4.79 Å². The Morgan fingerprint density at radius 3 is 2.15 bits per heavy atom. The molecule has 0 saturated heterocycles. The van der Waals surface area contributed by atoms with Gasteiger partial charge in [0.15, 0.2) is 5.84 Å². The van der Waals surface area contributed by atoms with Crippen molar-refractivity contribution in [2.24, 2.45) is 5.10 Å². The first-order valence-electron chi connectivity index (χ1n) is 9.27. The SMILES string of the molecule is CCN(CC)c1ccc(C=C2C(=O)N(c3ccccc3)N=C2N(C)C)cc1. The molecule has 0 saturated carbocycles. The summed E-state index contributed by atoms with van der Waals surface area (Å²) >= 11 is 0. The Bertz CT molecular complexity index is 850. The van der Waals surface area contributed by atoms with E-state index in [1.807, 2.05) is 67.5 Å². The Morgan fingerprint density at radius 1 is 0.963 bits per heavy atom. The summed E-state index contributed by atoms with van der Waals surface area (Å²) in [5, 5.41) is 6.00. The van der Waals surface area contributed by atoms with E-state index in [1.54, 1.807) is 0 Å². The first-order chi connectivity index (χ1) is 13.0. The average molecular weight is 362 g/mol. The van der Waals surface area contributed by atoms with E-state index >= 15 is 0 Å². The molecule has 3 rings (SSSR count). The molecule has 5 heteroatoms. The van der Waals surface area contributed by atoms with Crippen molar-refractivity contribution in [2.45, 2.75) is 13.8 Å². The molecule has 0 aromatic heterocycles. The Hall–Kier alpha value is -3.08. The molecule has 1 amide bonds. The van der Waals surface area contributed by atoms with Gasteiger partial charge in [0.25, 0.3) is 5.91 Å². The predicted octanol–water partition coefficient (Wildman–Crippen LogP) is 3.84. The van der Waals surface area contributed by atoms with Crippen LogP contribution in [0.4, 0.5) is 11.4 Å². The molecule has 0 N–H and O–H groups in total. The first-order valence-corrected chi connectivity index (χ1v) is 9.27. The van der Waals surface area contributed by atoms with Gasteiger partial charge in [-0.3, -0.25) is 4.79 Å². The van der Waals surface area contributed by atoms with Crippen molar-refractivity contribution in [1.29, 1.82) is 0 Å². The summed E-state index contributed by atoms with van der Waals surface area (Å²) in [5.74, 6) is 0.550. The summed E-state index contributed by atoms with van der Waals surface area (Å²) in [5.41, 5.74) is 3.53. The fourth-order valence-corrected chi connectivity index (χ4v) is 3.14. The maximum absolute atomic E-state index is 13.0. The number of benzene rings is 2. The molecule has 0 bridgehead atoms. The van der Waals surface area contributed by atoms with Crippen LogP contribution >= 0.6 is 0 Å². The van der Waals surface area contributed by atoms with Crippen molar-refractivity contribution in [3.8, 4) is 0 Å². The van der Waals surface area contributed by atoms with Gasteiger partial charge in [-0.05, 0) is 49.8 Å². The molecule has 0 fully saturated rings. The maximum atomic E-state index is 13.0. The number of amidine groups is 1. The second kappa shape index (κ2) is 8.08. The van der Waals surface area contributed by atoms with Crippen molar-refractivity contribution in [2.75, 3.05) is 37.1 Å². The van der Waals surface area contributed by atoms with Crippen LogP contribution in [0.3, 0.4) is 0 Å². The molecule has 1 aliphatic heterocycles. The van der Waals surface area contributed by atoms with Crippen LogP contribution in [-0.4, -0.2) is 43.8 Å². The number of nitrogens with zero attached hydrogens (tertiary/aromatic N) is 4. The second-order valence-electron chi connectivity index (χ2n) is 6.59. The Kier molecular flexibility index (Phi) is 5.60. The quantitative estimate of drug-likeness (QED) is 0.759. The lowest BCUT2D eigenvalue weighted by atomic mass is 10.1. The van der Waals surface area contributed by atoms with Crippen LogP contribution in [0.5, 0.6) is 0 Å². The van der Waals surface area contributed by atoms with Gasteiger partial charge in [0, 0.05) is 32.9 Å². The lowest BCUT2D eigenvalue weighted by Gasteiger charge is -2.21. The Morgan fingerprint density at radius 2 is 1.59 bits per heavy atom. The number of carbonyl (C=O) groups is 1. The molecule has 0 atom stereocenters. The van der Waals surface area contributed by atoms with E-state index in [2.05, 4.69) is 36.0 Å². The third-order valence-electron chi connectivity index (χ3n) is 4.62. The smallest absolute Gasteiger partial charge is 0.282 e. The number of hydrogen-bond acceptors (Lipinski definition) is 4. The molecule has 2 aromatic carbocycles. The Labute approximate surface area is 161 Å². The molecule has 0 unspecified atom stereocenters. The highest BCUT2D eigenvalue weighted by Crippen LogP contribution is 2.26. The lowest BCUT2D eigenvalue weighted by Crippen LogP contribution is -2.24. The minimum absolute atomic E-state index is 0.113. The highest BCUT2D eigenvalue weighted by atomic mass is 16.2. The minimum Gasteiger partial charge on any atom is -0.372 e. The topological polar surface area (TPSA) is 39.2 Å². The molecule has 27 heavy (non-hydrogen) atoms. The largest absolute Gasteiger partial charge is 0.372 e. The molecule has 0 radical (unpaired) electrons. The highest BCUT2D eigenvalue weighted by Gasteiger charge is 2.32. The van der Waals surface area contributed by atoms with Gasteiger partial charge in [-0.1, -0.05) is 30.3 Å². The fraction of sp³-hybridized carbons (Fsp3) is 0.273. The summed E-state index contributed by atoms with van der Waals surface area (Å²) < 4.78 is 0. The first kappa shape index (κ1) is 18.7. The molecule has 0 aliphatic carbocycles. The van der Waals surface area contributed by atoms with Crippen LogP contribution in [0, 0.1) is 0 Å². The van der Waals surface area contributed by atoms with E-state index in [9.17, 15) is 4.79 Å². The van der Waals surface area contributed by atoms with Gasteiger partial charge in [0.2, 0.25) is 0 Å². The summed E-state index contributed by atoms with van der Waals surface area (Å²) in [4.78, 5) is 17.2. The van der Waals surface area contributed by atoms with Crippen LogP contribution in [0.25, 0.3) is 6.08 Å². The zero-order chi connectivity index (χ0) is 19.4. The number of amides is 1. The average Bonchev–Trinajstić information content (AvgIpc) is 3.01. The van der Waals surface area contributed by atoms with E-state index in [-0.39, 0.29) is 5.91 Å². The van der Waals surface area contributed by atoms with Crippen LogP contribution < -0.4 is 9.91 Å². The molecular weight excluding hydrogens is 336 g/mol. The van der Waals surface area contributed by atoms with Gasteiger partial charge in [-0.2, -0.15) is 5.01 Å². The zero-order valence-electron chi connectivity index (χ0n) is 16.4. The highest BCUT2D eigenvalue weighted by molar-refractivity contribution is 6.31. The third-order valence-corrected chi connectivity index (χ3v) is 4.62. The number of carbonyl (C=O) groups excluding carboxylic acids is 1. The molecule has 0 spiro atoms. The molecule has 140 valence electrons. The predicted molar refractivity (Wildman–Crippen MR) is 113 cm³/mol. The summed E-state index contributed by atoms with van der Waals surface area (Å²) in [6, 6.07) is 17.8. The van der Waals surface area contributed by atoms with Crippen molar-refractivity contribution >= 4 is 29.2 Å². The summed E-state index contributed by atoms with van der Waals surface area (Å²) in [6.45, 7) is 6.24. The number of rotatable bonds is 5. The number of hydrogen-bond donors (Lipinski definition) is 0. The van der Waals surface area contributed by atoms with Gasteiger partial charge in [0.05, 0.1) is 11.3 Å². The van der Waals surface area contributed by atoms with E-state index in [4.69, 9.17) is 0 Å². The monoisotopic (exact) mass is 362 g/mol. The molecule has 1 heterocycles. The van der Waals surface area contributed by atoms with Crippen molar-refractivity contribution in [1.82, 2.24) is 4.90 Å². The lowest BCUT2D eigenvalue weighted by molar-refractivity contribution is -0.114. The number of hydrazone groups is 1. The Balaban J connectivity index is 1.92. The zero-order valence-corrected chi connectivity index (χ0v) is 16.4. The van der Waals surface area contributed by atoms with Gasteiger partial charge in [-0.15, -0.1) is 5.10 Å². The number of anilines is 2. The standard InChI is InChI=1S/C22H26N4O/c1-5-25(6-2)18-14-12-17(13-15-18)16-20-21(24(3)4)23-26(22(20)27)19-10-8-7-9-11-19/h7-16H,5-6H2,1-4H3. The molecule has 5 nitrogen and oxygen atoms in total. The number of likely N-dealkylation sites (N-methyl/N-ethyl adjacent to an activating group) is 1. The van der Waals surface area contributed by atoms with E-state index < -0.39 is 0 Å². The van der Waals surface area contributed by atoms with E-state index in [1.165, 1.54) is 10.7 Å². The van der Waals surface area contributed by atoms with Gasteiger partial charge < -0.3 is 9.80 Å². The van der Waals surface area contributed by atoms with Crippen molar-refractivity contribution in [3.05, 3.63) is 65.7 Å². The van der Waals surface area contributed by atoms with Crippen LogP contribution in [-0.2, 0) is 4.79 Å². The molecule has 1 aliphatic rings. The minimum atomic E-state index is -0.113. The maximum Gasteiger partial charge on any atom is 0.282 e. The van der Waals surface area contributed by atoms with Crippen LogP contribution in [0.15, 0.2) is 65.3 Å². The van der Waals surface area contributed by atoms with Crippen LogP contribution in [0.2, 0.25) is 0 Å². The van der Waals surface area contributed by atoms with Gasteiger partial charge in [-0.25, -0.2) is 0 Å². The van der Waals surface area contributed by atoms with Gasteiger partial charge >= 0.3 is 0 Å². The van der Waals surface area contributed by atoms with Gasteiger partial charge in [0.1, 0.15) is 0 Å². The normalized spacial score (nSPS) is 15.3. The second-order valence-corrected chi connectivity index (χ2v) is 6.59. The molecular formula is C22H26N4O. The van der Waals surface area contributed by atoms with Crippen molar-refractivity contribution in [3.63, 3.8) is 0 Å². The molecule has 2 aromatic rings. The van der Waals surface area contributed by atoms with E-state index in [0.29, 0.717) is 11.4 Å². The van der Waals surface area contributed by atoms with E-state index in [0.717, 1.165) is 24.3 Å². The summed E-state index contributed by atoms with van der Waals surface area (Å²) in [6.07, 6.45) is 1.91. The van der Waals surface area contributed by atoms with Crippen LogP contribution in [0.1, 0.15) is 19.4 Å². The number of para-hydroxylation sites is 1. The third kappa shape index (κ3) is 3.87. The fourth-order valence-electron chi connectivity index (χ4n) is 3.14.